The van der Waals surface area contributed by atoms with Gasteiger partial charge in [0.15, 0.2) is 0 Å². The highest BCUT2D eigenvalue weighted by Crippen LogP contribution is 2.23. The molecule has 2 rings (SSSR count). The van der Waals surface area contributed by atoms with Crippen molar-refractivity contribution in [2.24, 2.45) is 0 Å². The molecule has 1 N–H and O–H groups in total. The van der Waals surface area contributed by atoms with Gasteiger partial charge in [0.05, 0.1) is 5.56 Å². The van der Waals surface area contributed by atoms with Crippen molar-refractivity contribution in [2.75, 3.05) is 25.0 Å². The summed E-state index contributed by atoms with van der Waals surface area (Å²) in [5.74, 6) is -0.667. The van der Waals surface area contributed by atoms with Crippen molar-refractivity contribution in [1.29, 1.82) is 0 Å². The molecule has 0 saturated carbocycles. The summed E-state index contributed by atoms with van der Waals surface area (Å²) >= 11 is 0. The number of rotatable bonds is 4. The number of piperidine rings is 1. The molecular weight excluding hydrogens is 270 g/mol. The minimum atomic E-state index is -1.02. The monoisotopic (exact) mass is 291 g/mol. The van der Waals surface area contributed by atoms with Gasteiger partial charge in [0.25, 0.3) is 5.91 Å². The quantitative estimate of drug-likeness (QED) is 0.912. The van der Waals surface area contributed by atoms with Gasteiger partial charge in [-0.05, 0) is 38.3 Å². The number of anilines is 1. The number of carboxylic acids is 1. The maximum absolute atomic E-state index is 12.5. The minimum absolute atomic E-state index is 0.307. The maximum atomic E-state index is 12.5. The molecule has 0 bridgehead atoms. The van der Waals surface area contributed by atoms with Crippen LogP contribution in [0.3, 0.4) is 0 Å². The Hall–Kier alpha value is -2.11. The molecule has 0 spiro atoms. The summed E-state index contributed by atoms with van der Waals surface area (Å²) in [6.07, 6.45) is 5.04. The number of hydrogen-bond acceptors (Lipinski definition) is 4. The summed E-state index contributed by atoms with van der Waals surface area (Å²) in [6, 6.07) is 2.55. The Morgan fingerprint density at radius 3 is 2.62 bits per heavy atom. The van der Waals surface area contributed by atoms with Crippen molar-refractivity contribution in [3.05, 3.63) is 23.9 Å². The Morgan fingerprint density at radius 1 is 1.33 bits per heavy atom. The van der Waals surface area contributed by atoms with Gasteiger partial charge >= 0.3 is 5.97 Å². The molecule has 21 heavy (non-hydrogen) atoms. The first-order valence-electron chi connectivity index (χ1n) is 7.22. The van der Waals surface area contributed by atoms with Crippen LogP contribution in [0.4, 0.5) is 5.82 Å². The first-order chi connectivity index (χ1) is 10.0. The van der Waals surface area contributed by atoms with Crippen LogP contribution in [0.5, 0.6) is 0 Å². The number of likely N-dealkylation sites (N-methyl/N-ethyl adjacent to an activating group) is 1. The van der Waals surface area contributed by atoms with Gasteiger partial charge in [-0.1, -0.05) is 0 Å². The van der Waals surface area contributed by atoms with E-state index in [-0.39, 0.29) is 5.91 Å². The number of carbonyl (C=O) groups excluding carboxylic acids is 1. The summed E-state index contributed by atoms with van der Waals surface area (Å²) in [5.41, 5.74) is 0.468. The molecule has 1 amide bonds. The molecule has 114 valence electrons. The number of nitrogens with zero attached hydrogens (tertiary/aromatic N) is 3. The van der Waals surface area contributed by atoms with E-state index in [2.05, 4.69) is 9.88 Å². The van der Waals surface area contributed by atoms with Crippen molar-refractivity contribution in [3.8, 4) is 0 Å². The second-order valence-corrected chi connectivity index (χ2v) is 5.35. The summed E-state index contributed by atoms with van der Waals surface area (Å²) in [7, 11) is 1.51. The summed E-state index contributed by atoms with van der Waals surface area (Å²) in [5, 5.41) is 9.05. The van der Waals surface area contributed by atoms with Gasteiger partial charge in [-0.25, -0.2) is 9.78 Å². The van der Waals surface area contributed by atoms with Gasteiger partial charge in [-0.3, -0.25) is 4.79 Å². The second kappa shape index (κ2) is 6.56. The van der Waals surface area contributed by atoms with Crippen molar-refractivity contribution in [2.45, 2.75) is 32.2 Å². The summed E-state index contributed by atoms with van der Waals surface area (Å²) < 4.78 is 0. The predicted octanol–water partition coefficient (Wildman–Crippen LogP) is 1.62. The first-order valence-corrected chi connectivity index (χ1v) is 7.22. The van der Waals surface area contributed by atoms with Crippen LogP contribution in [0.15, 0.2) is 18.3 Å². The second-order valence-electron chi connectivity index (χ2n) is 5.35. The van der Waals surface area contributed by atoms with Gasteiger partial charge in [-0.15, -0.1) is 0 Å². The van der Waals surface area contributed by atoms with E-state index in [9.17, 15) is 9.59 Å². The molecule has 1 saturated heterocycles. The molecule has 0 aliphatic carbocycles. The molecular formula is C15H21N3O3. The molecule has 2 heterocycles. The van der Waals surface area contributed by atoms with E-state index in [1.54, 1.807) is 18.3 Å². The number of pyridine rings is 1. The maximum Gasteiger partial charge on any atom is 0.326 e. The zero-order valence-corrected chi connectivity index (χ0v) is 12.5. The molecule has 6 heteroatoms. The van der Waals surface area contributed by atoms with Crippen molar-refractivity contribution in [1.82, 2.24) is 9.88 Å². The fourth-order valence-electron chi connectivity index (χ4n) is 2.45. The van der Waals surface area contributed by atoms with E-state index in [4.69, 9.17) is 5.11 Å². The van der Waals surface area contributed by atoms with Gasteiger partial charge < -0.3 is 14.9 Å². The zero-order valence-electron chi connectivity index (χ0n) is 12.5. The van der Waals surface area contributed by atoms with Crippen LogP contribution >= 0.6 is 0 Å². The number of hydrogen-bond donors (Lipinski definition) is 1. The molecule has 1 fully saturated rings. The van der Waals surface area contributed by atoms with Gasteiger partial charge in [0.1, 0.15) is 11.9 Å². The van der Waals surface area contributed by atoms with Gasteiger partial charge in [-0.2, -0.15) is 0 Å². The normalized spacial score (nSPS) is 16.4. The third kappa shape index (κ3) is 3.32. The lowest BCUT2D eigenvalue weighted by atomic mass is 10.1. The Labute approximate surface area is 124 Å². The highest BCUT2D eigenvalue weighted by Gasteiger charge is 2.26. The van der Waals surface area contributed by atoms with E-state index < -0.39 is 12.0 Å². The molecule has 1 aliphatic rings. The van der Waals surface area contributed by atoms with Crippen LogP contribution in [-0.4, -0.2) is 53.0 Å². The van der Waals surface area contributed by atoms with E-state index in [1.165, 1.54) is 25.3 Å². The fourth-order valence-corrected chi connectivity index (χ4v) is 2.45. The van der Waals surface area contributed by atoms with Gasteiger partial charge in [0.2, 0.25) is 0 Å². The largest absolute Gasteiger partial charge is 0.480 e. The van der Waals surface area contributed by atoms with E-state index in [0.717, 1.165) is 25.9 Å². The number of carboxylic acid groups (broad SMARTS) is 1. The Balaban J connectivity index is 2.26. The molecule has 1 aromatic heterocycles. The van der Waals surface area contributed by atoms with Crippen LogP contribution in [0.25, 0.3) is 0 Å². The SMILES string of the molecule is C[C@H](C(=O)O)N(C)C(=O)c1cccnc1N1CCCCC1. The van der Waals surface area contributed by atoms with Crippen LogP contribution in [-0.2, 0) is 4.79 Å². The van der Waals surface area contributed by atoms with Crippen LogP contribution in [0, 0.1) is 0 Å². The Bertz CT molecular complexity index is 527. The van der Waals surface area contributed by atoms with Crippen molar-refractivity contribution in [3.63, 3.8) is 0 Å². The van der Waals surface area contributed by atoms with E-state index >= 15 is 0 Å². The first kappa shape index (κ1) is 15.3. The number of aromatic nitrogens is 1. The standard InChI is InChI=1S/C15H21N3O3/c1-11(15(20)21)17(2)14(19)12-7-6-8-16-13(12)18-9-4-3-5-10-18/h6-8,11H,3-5,9-10H2,1-2H3,(H,20,21)/t11-/m1/s1. The van der Waals surface area contributed by atoms with E-state index in [0.29, 0.717) is 11.4 Å². The lowest BCUT2D eigenvalue weighted by molar-refractivity contribution is -0.141. The molecule has 1 atom stereocenters. The third-order valence-corrected chi connectivity index (χ3v) is 3.93. The molecule has 6 nitrogen and oxygen atoms in total. The number of carbonyl (C=O) groups is 2. The smallest absolute Gasteiger partial charge is 0.326 e. The minimum Gasteiger partial charge on any atom is -0.480 e. The number of aliphatic carboxylic acids is 1. The summed E-state index contributed by atoms with van der Waals surface area (Å²) in [4.78, 5) is 31.3. The van der Waals surface area contributed by atoms with Crippen LogP contribution in [0.2, 0.25) is 0 Å². The molecule has 0 radical (unpaired) electrons. The number of amides is 1. The fraction of sp³-hybridized carbons (Fsp3) is 0.533. The zero-order chi connectivity index (χ0) is 15.4. The topological polar surface area (TPSA) is 73.7 Å². The highest BCUT2D eigenvalue weighted by molar-refractivity contribution is 6.00. The average molecular weight is 291 g/mol. The van der Waals surface area contributed by atoms with Crippen molar-refractivity contribution >= 4 is 17.7 Å². The highest BCUT2D eigenvalue weighted by atomic mass is 16.4. The predicted molar refractivity (Wildman–Crippen MR) is 79.5 cm³/mol. The Kier molecular flexibility index (Phi) is 4.77. The third-order valence-electron chi connectivity index (χ3n) is 3.93. The van der Waals surface area contributed by atoms with Crippen LogP contribution < -0.4 is 4.90 Å². The van der Waals surface area contributed by atoms with Crippen LogP contribution in [0.1, 0.15) is 36.5 Å². The molecule has 1 aromatic rings. The van der Waals surface area contributed by atoms with Crippen molar-refractivity contribution < 1.29 is 14.7 Å². The lowest BCUT2D eigenvalue weighted by Gasteiger charge is -2.30. The molecule has 0 aromatic carbocycles. The Morgan fingerprint density at radius 2 is 2.00 bits per heavy atom. The average Bonchev–Trinajstić information content (AvgIpc) is 2.53. The van der Waals surface area contributed by atoms with E-state index in [1.807, 2.05) is 0 Å². The molecule has 1 aliphatic heterocycles. The molecule has 0 unspecified atom stereocenters. The lowest BCUT2D eigenvalue weighted by Crippen LogP contribution is -2.41. The summed E-state index contributed by atoms with van der Waals surface area (Å²) in [6.45, 7) is 3.27. The van der Waals surface area contributed by atoms with Gasteiger partial charge in [0, 0.05) is 26.3 Å².